The number of hydrogen-bond acceptors (Lipinski definition) is 17. The highest BCUT2D eigenvalue weighted by Gasteiger charge is 2.68. The number of aliphatic hydroxyl groups excluding tert-OH is 9. The topological polar surface area (TPSA) is 259 Å². The molecular formula is C45H73NO16. The van der Waals surface area contributed by atoms with Gasteiger partial charge in [-0.1, -0.05) is 39.3 Å². The second-order valence-corrected chi connectivity index (χ2v) is 21.2. The Balaban J connectivity index is 0.940. The van der Waals surface area contributed by atoms with Crippen LogP contribution >= 0.6 is 0 Å². The lowest BCUT2D eigenvalue weighted by atomic mass is 9.47. The van der Waals surface area contributed by atoms with Gasteiger partial charge in [-0.05, 0) is 105 Å². The maximum atomic E-state index is 11.6. The minimum Gasteiger partial charge on any atom is -0.394 e. The number of ether oxygens (including phenoxy) is 7. The van der Waals surface area contributed by atoms with Crippen LogP contribution in [0.3, 0.4) is 0 Å². The van der Waals surface area contributed by atoms with Crippen molar-refractivity contribution in [3.05, 3.63) is 11.6 Å². The van der Waals surface area contributed by atoms with Crippen molar-refractivity contribution in [1.29, 1.82) is 0 Å². The summed E-state index contributed by atoms with van der Waals surface area (Å²) in [7, 11) is 0. The van der Waals surface area contributed by atoms with Crippen molar-refractivity contribution in [3.63, 3.8) is 0 Å². The number of hydrogen-bond donors (Lipinski definition) is 10. The van der Waals surface area contributed by atoms with Gasteiger partial charge in [-0.25, -0.2) is 0 Å². The number of aliphatic hydroxyl groups is 9. The van der Waals surface area contributed by atoms with E-state index in [2.05, 4.69) is 39.1 Å². The molecule has 9 aliphatic rings. The molecule has 3 saturated carbocycles. The van der Waals surface area contributed by atoms with Gasteiger partial charge in [0, 0.05) is 12.5 Å². The van der Waals surface area contributed by atoms with E-state index in [-0.39, 0.29) is 22.7 Å². The van der Waals surface area contributed by atoms with Gasteiger partial charge in [0.25, 0.3) is 0 Å². The molecule has 5 heterocycles. The Morgan fingerprint density at radius 1 is 0.694 bits per heavy atom. The second-order valence-electron chi connectivity index (χ2n) is 21.2. The van der Waals surface area contributed by atoms with Crippen molar-refractivity contribution < 1.29 is 79.1 Å². The van der Waals surface area contributed by atoms with Crippen molar-refractivity contribution in [2.45, 2.75) is 202 Å². The van der Waals surface area contributed by atoms with Gasteiger partial charge in [0.15, 0.2) is 18.9 Å². The fraction of sp³-hybridized carbons (Fsp3) is 0.956. The summed E-state index contributed by atoms with van der Waals surface area (Å²) in [6.45, 7) is 10.8. The van der Waals surface area contributed by atoms with Crippen LogP contribution in [0.5, 0.6) is 0 Å². The molecule has 354 valence electrons. The van der Waals surface area contributed by atoms with Crippen LogP contribution in [0, 0.1) is 46.3 Å². The Morgan fingerprint density at radius 3 is 2.05 bits per heavy atom. The molecule has 0 aromatic carbocycles. The summed E-state index contributed by atoms with van der Waals surface area (Å²) in [5.74, 6) is 3.32. The third kappa shape index (κ3) is 7.49. The summed E-state index contributed by atoms with van der Waals surface area (Å²) in [6, 6.07) is 0. The molecule has 0 amide bonds. The normalized spacial score (nSPS) is 57.6. The van der Waals surface area contributed by atoms with Gasteiger partial charge in [0.05, 0.1) is 31.5 Å². The van der Waals surface area contributed by atoms with Crippen molar-refractivity contribution in [3.8, 4) is 0 Å². The lowest BCUT2D eigenvalue weighted by molar-refractivity contribution is -0.394. The maximum Gasteiger partial charge on any atom is 0.187 e. The quantitative estimate of drug-likeness (QED) is 0.142. The van der Waals surface area contributed by atoms with Gasteiger partial charge < -0.3 is 79.1 Å². The van der Waals surface area contributed by atoms with Crippen LogP contribution in [0.25, 0.3) is 0 Å². The Bertz CT molecular complexity index is 1610. The van der Waals surface area contributed by atoms with Crippen LogP contribution in [0.15, 0.2) is 11.6 Å². The Hall–Kier alpha value is -0.940. The highest BCUT2D eigenvalue weighted by atomic mass is 16.8. The summed E-state index contributed by atoms with van der Waals surface area (Å²) < 4.78 is 43.9. The first-order valence-corrected chi connectivity index (χ1v) is 23.5. The second kappa shape index (κ2) is 17.3. The molecule has 10 N–H and O–H groups in total. The molecule has 1 spiro atoms. The number of fused-ring (bicyclic) bond motifs is 7. The summed E-state index contributed by atoms with van der Waals surface area (Å²) in [6.07, 6.45) is -11.9. The maximum absolute atomic E-state index is 11.6. The summed E-state index contributed by atoms with van der Waals surface area (Å²) in [5, 5.41) is 99.7. The molecule has 5 saturated heterocycles. The molecule has 26 atom stereocenters. The van der Waals surface area contributed by atoms with E-state index in [0.29, 0.717) is 48.3 Å². The summed E-state index contributed by atoms with van der Waals surface area (Å²) in [5.41, 5.74) is 1.32. The monoisotopic (exact) mass is 883 g/mol. The average molecular weight is 884 g/mol. The zero-order chi connectivity index (χ0) is 44.2. The van der Waals surface area contributed by atoms with Gasteiger partial charge in [-0.2, -0.15) is 0 Å². The standard InChI is InChI=1S/C45H73NO16/c1-19-8-13-45(46-16-19)20(2)30-27(62-45)15-26-24-7-6-22-14-23(9-11-43(22,4)25(24)10-12-44(26,30)5)57-42-39(61-40-36(54)34(52)31(49)21(3)56-40)38(33(51)29(18-48)59-42)60-41-37(55)35(53)32(50)28(17-47)58-41/h6,19-21,23-42,46-55H,7-18H2,1-5H3/t19-,20-,21-,23+,24+,25-,26-,27-,28-,29+,30-,31-,32-,33+,34+,35+,36+,37+,38-,39+,40+,41+,42+,43-,44-,45+/m1/s1. The van der Waals surface area contributed by atoms with E-state index in [1.807, 2.05) is 0 Å². The smallest absolute Gasteiger partial charge is 0.187 e. The lowest BCUT2D eigenvalue weighted by Gasteiger charge is -2.59. The molecule has 9 rings (SSSR count). The molecule has 62 heavy (non-hydrogen) atoms. The Labute approximate surface area is 364 Å². The van der Waals surface area contributed by atoms with E-state index >= 15 is 0 Å². The molecule has 17 heteroatoms. The number of nitrogens with one attached hydrogen (secondary N) is 1. The Kier molecular flexibility index (Phi) is 12.9. The van der Waals surface area contributed by atoms with Crippen molar-refractivity contribution >= 4 is 0 Å². The van der Waals surface area contributed by atoms with E-state index in [1.54, 1.807) is 0 Å². The summed E-state index contributed by atoms with van der Waals surface area (Å²) in [4.78, 5) is 0. The van der Waals surface area contributed by atoms with E-state index < -0.39 is 111 Å². The average Bonchev–Trinajstić information content (AvgIpc) is 3.70. The lowest BCUT2D eigenvalue weighted by Crippen LogP contribution is -2.67. The van der Waals surface area contributed by atoms with Gasteiger partial charge in [-0.15, -0.1) is 0 Å². The van der Waals surface area contributed by atoms with Gasteiger partial charge in [-0.3, -0.25) is 5.32 Å². The van der Waals surface area contributed by atoms with Crippen LogP contribution in [-0.2, 0) is 33.2 Å². The van der Waals surface area contributed by atoms with Crippen molar-refractivity contribution in [2.24, 2.45) is 46.3 Å². The third-order valence-electron chi connectivity index (χ3n) is 17.9. The number of rotatable bonds is 8. The highest BCUT2D eigenvalue weighted by molar-refractivity contribution is 5.26. The highest BCUT2D eigenvalue weighted by Crippen LogP contribution is 2.70. The zero-order valence-corrected chi connectivity index (χ0v) is 36.7. The number of allylic oxidation sites excluding steroid dienone is 1. The fourth-order valence-electron chi connectivity index (χ4n) is 14.2. The molecule has 4 aliphatic carbocycles. The molecule has 0 bridgehead atoms. The van der Waals surface area contributed by atoms with Crippen LogP contribution in [-0.4, -0.2) is 176 Å². The first-order valence-electron chi connectivity index (χ1n) is 23.5. The van der Waals surface area contributed by atoms with Crippen LogP contribution in [0.4, 0.5) is 0 Å². The van der Waals surface area contributed by atoms with Gasteiger partial charge in [0.1, 0.15) is 72.9 Å². The SMILES string of the molecule is C[C@@H]1CC[C@]2(NC1)O[C@@H]1C[C@@H]3[C@H]4CC=C5C[C@@H](O[C@H]6O[C@@H](CO)[C@H](O)[C@@H](O[C@@H]7O[C@H](CO)[C@@H](O)[C@H](O)[C@@H]7O)[C@@H]6O[C@@H]6O[C@H](C)[C@@H](O)[C@H](O)[C@@H]6O)CC[C@@]5(C)[C@@H]4CC[C@@]3(C)[C@@H]1[C@H]2C. The molecule has 0 aromatic rings. The first kappa shape index (κ1) is 46.2. The molecule has 5 aliphatic heterocycles. The first-order chi connectivity index (χ1) is 29.4. The van der Waals surface area contributed by atoms with Gasteiger partial charge >= 0.3 is 0 Å². The molecular weight excluding hydrogens is 810 g/mol. The fourth-order valence-corrected chi connectivity index (χ4v) is 14.2. The minimum atomic E-state index is -1.84. The molecule has 0 aromatic heterocycles. The van der Waals surface area contributed by atoms with Crippen LogP contribution in [0.1, 0.15) is 92.4 Å². The largest absolute Gasteiger partial charge is 0.394 e. The van der Waals surface area contributed by atoms with Crippen LogP contribution < -0.4 is 5.32 Å². The van der Waals surface area contributed by atoms with E-state index in [1.165, 1.54) is 25.3 Å². The Morgan fingerprint density at radius 2 is 1.35 bits per heavy atom. The van der Waals surface area contributed by atoms with Gasteiger partial charge in [0.2, 0.25) is 0 Å². The molecule has 0 radical (unpaired) electrons. The third-order valence-corrected chi connectivity index (χ3v) is 17.9. The molecule has 8 fully saturated rings. The zero-order valence-electron chi connectivity index (χ0n) is 36.7. The minimum absolute atomic E-state index is 0.0361. The van der Waals surface area contributed by atoms with Crippen molar-refractivity contribution in [1.82, 2.24) is 5.32 Å². The van der Waals surface area contributed by atoms with E-state index in [0.717, 1.165) is 38.6 Å². The van der Waals surface area contributed by atoms with Crippen LogP contribution in [0.2, 0.25) is 0 Å². The number of piperidine rings is 1. The van der Waals surface area contributed by atoms with E-state index in [4.69, 9.17) is 33.2 Å². The predicted molar refractivity (Wildman–Crippen MR) is 216 cm³/mol. The molecule has 17 nitrogen and oxygen atoms in total. The predicted octanol–water partition coefficient (Wildman–Crippen LogP) is -0.213. The van der Waals surface area contributed by atoms with E-state index in [9.17, 15) is 46.0 Å². The molecule has 0 unspecified atom stereocenters. The summed E-state index contributed by atoms with van der Waals surface area (Å²) >= 11 is 0. The van der Waals surface area contributed by atoms with Crippen molar-refractivity contribution in [2.75, 3.05) is 19.8 Å².